The van der Waals surface area contributed by atoms with E-state index in [2.05, 4.69) is 17.2 Å². The predicted molar refractivity (Wildman–Crippen MR) is 63.4 cm³/mol. The SMILES string of the molecule is CNCC1(C)CCCN1C(=O)c1ccc[nH]1. The highest BCUT2D eigenvalue weighted by Gasteiger charge is 2.39. The van der Waals surface area contributed by atoms with E-state index in [0.717, 1.165) is 25.9 Å². The van der Waals surface area contributed by atoms with Crippen LogP contribution in [0.5, 0.6) is 0 Å². The molecule has 1 aliphatic rings. The first-order valence-electron chi connectivity index (χ1n) is 5.77. The number of amides is 1. The summed E-state index contributed by atoms with van der Waals surface area (Å²) >= 11 is 0. The van der Waals surface area contributed by atoms with Crippen LogP contribution in [0.15, 0.2) is 18.3 Å². The van der Waals surface area contributed by atoms with E-state index in [1.54, 1.807) is 6.20 Å². The second-order valence-electron chi connectivity index (χ2n) is 4.67. The van der Waals surface area contributed by atoms with E-state index in [1.807, 2.05) is 24.1 Å². The van der Waals surface area contributed by atoms with E-state index in [1.165, 1.54) is 0 Å². The quantitative estimate of drug-likeness (QED) is 0.806. The first-order chi connectivity index (χ1) is 7.67. The van der Waals surface area contributed by atoms with Crippen molar-refractivity contribution in [3.8, 4) is 0 Å². The first-order valence-corrected chi connectivity index (χ1v) is 5.77. The highest BCUT2D eigenvalue weighted by molar-refractivity contribution is 5.93. The summed E-state index contributed by atoms with van der Waals surface area (Å²) in [5, 5.41) is 3.18. The van der Waals surface area contributed by atoms with Crippen LogP contribution in [0, 0.1) is 0 Å². The molecule has 1 fully saturated rings. The lowest BCUT2D eigenvalue weighted by atomic mass is 9.98. The van der Waals surface area contributed by atoms with Crippen molar-refractivity contribution in [1.29, 1.82) is 0 Å². The van der Waals surface area contributed by atoms with Crippen LogP contribution in [-0.2, 0) is 0 Å². The van der Waals surface area contributed by atoms with Crippen LogP contribution < -0.4 is 5.32 Å². The van der Waals surface area contributed by atoms with Crippen molar-refractivity contribution in [1.82, 2.24) is 15.2 Å². The number of carbonyl (C=O) groups excluding carboxylic acids is 1. The van der Waals surface area contributed by atoms with Crippen molar-refractivity contribution < 1.29 is 4.79 Å². The molecule has 1 atom stereocenters. The number of likely N-dealkylation sites (N-methyl/N-ethyl adjacent to an activating group) is 1. The predicted octanol–water partition coefficient (Wildman–Crippen LogP) is 1.23. The molecule has 4 nitrogen and oxygen atoms in total. The molecule has 0 radical (unpaired) electrons. The molecule has 2 N–H and O–H groups in total. The molecule has 4 heteroatoms. The summed E-state index contributed by atoms with van der Waals surface area (Å²) < 4.78 is 0. The van der Waals surface area contributed by atoms with Crippen molar-refractivity contribution >= 4 is 5.91 Å². The minimum atomic E-state index is -0.0447. The number of hydrogen-bond acceptors (Lipinski definition) is 2. The van der Waals surface area contributed by atoms with Gasteiger partial charge in [-0.25, -0.2) is 0 Å². The summed E-state index contributed by atoms with van der Waals surface area (Å²) in [6.45, 7) is 3.85. The van der Waals surface area contributed by atoms with E-state index < -0.39 is 0 Å². The van der Waals surface area contributed by atoms with Gasteiger partial charge in [0.05, 0.1) is 5.54 Å². The molecule has 1 aliphatic heterocycles. The molecule has 16 heavy (non-hydrogen) atoms. The van der Waals surface area contributed by atoms with Gasteiger partial charge >= 0.3 is 0 Å². The molecule has 1 aromatic heterocycles. The largest absolute Gasteiger partial charge is 0.357 e. The Labute approximate surface area is 96.0 Å². The monoisotopic (exact) mass is 221 g/mol. The standard InChI is InChI=1S/C12H19N3O/c1-12(9-13-2)6-4-8-15(12)11(16)10-5-3-7-14-10/h3,5,7,13-14H,4,6,8-9H2,1-2H3. The van der Waals surface area contributed by atoms with E-state index in [4.69, 9.17) is 0 Å². The van der Waals surface area contributed by atoms with Gasteiger partial charge in [-0.1, -0.05) is 0 Å². The fraction of sp³-hybridized carbons (Fsp3) is 0.583. The van der Waals surface area contributed by atoms with Crippen molar-refractivity contribution in [2.75, 3.05) is 20.1 Å². The molecule has 88 valence electrons. The van der Waals surface area contributed by atoms with Crippen LogP contribution in [0.25, 0.3) is 0 Å². The topological polar surface area (TPSA) is 48.1 Å². The zero-order chi connectivity index (χ0) is 11.6. The maximum Gasteiger partial charge on any atom is 0.270 e. The molecular weight excluding hydrogens is 202 g/mol. The Morgan fingerprint density at radius 1 is 1.69 bits per heavy atom. The third-order valence-electron chi connectivity index (χ3n) is 3.38. The minimum absolute atomic E-state index is 0.0447. The van der Waals surface area contributed by atoms with Crippen molar-refractivity contribution in [3.05, 3.63) is 24.0 Å². The number of hydrogen-bond donors (Lipinski definition) is 2. The van der Waals surface area contributed by atoms with E-state index in [9.17, 15) is 4.79 Å². The Balaban J connectivity index is 2.17. The number of carbonyl (C=O) groups is 1. The average Bonchev–Trinajstić information content (AvgIpc) is 2.86. The molecule has 0 spiro atoms. The lowest BCUT2D eigenvalue weighted by molar-refractivity contribution is 0.0621. The van der Waals surface area contributed by atoms with Gasteiger partial charge in [-0.3, -0.25) is 4.79 Å². The van der Waals surface area contributed by atoms with E-state index in [-0.39, 0.29) is 11.4 Å². The van der Waals surface area contributed by atoms with Crippen molar-refractivity contribution in [3.63, 3.8) is 0 Å². The summed E-state index contributed by atoms with van der Waals surface area (Å²) in [6.07, 6.45) is 3.95. The van der Waals surface area contributed by atoms with Crippen LogP contribution >= 0.6 is 0 Å². The van der Waals surface area contributed by atoms with Crippen LogP contribution in [-0.4, -0.2) is 41.5 Å². The van der Waals surface area contributed by atoms with Gasteiger partial charge in [-0.05, 0) is 38.9 Å². The summed E-state index contributed by atoms with van der Waals surface area (Å²) in [7, 11) is 1.93. The van der Waals surface area contributed by atoms with Crippen LogP contribution in [0.1, 0.15) is 30.3 Å². The molecule has 2 heterocycles. The van der Waals surface area contributed by atoms with Gasteiger partial charge in [0.2, 0.25) is 0 Å². The number of nitrogens with zero attached hydrogens (tertiary/aromatic N) is 1. The molecule has 2 rings (SSSR count). The summed E-state index contributed by atoms with van der Waals surface area (Å²) in [6, 6.07) is 3.69. The van der Waals surface area contributed by atoms with Gasteiger partial charge in [0, 0.05) is 19.3 Å². The van der Waals surface area contributed by atoms with Crippen molar-refractivity contribution in [2.45, 2.75) is 25.3 Å². The number of likely N-dealkylation sites (tertiary alicyclic amines) is 1. The lowest BCUT2D eigenvalue weighted by Gasteiger charge is -2.35. The smallest absolute Gasteiger partial charge is 0.270 e. The molecule has 1 saturated heterocycles. The Morgan fingerprint density at radius 3 is 3.12 bits per heavy atom. The maximum atomic E-state index is 12.3. The first kappa shape index (κ1) is 11.2. The number of aromatic nitrogens is 1. The lowest BCUT2D eigenvalue weighted by Crippen LogP contribution is -2.50. The molecule has 1 aromatic rings. The second kappa shape index (κ2) is 4.29. The third-order valence-corrected chi connectivity index (χ3v) is 3.38. The number of H-pyrrole nitrogens is 1. The normalized spacial score (nSPS) is 25.0. The molecular formula is C12H19N3O. The Bertz CT molecular complexity index is 360. The molecule has 1 unspecified atom stereocenters. The van der Waals surface area contributed by atoms with Gasteiger partial charge < -0.3 is 15.2 Å². The van der Waals surface area contributed by atoms with Crippen molar-refractivity contribution in [2.24, 2.45) is 0 Å². The average molecular weight is 221 g/mol. The Hall–Kier alpha value is -1.29. The molecule has 0 aromatic carbocycles. The van der Waals surface area contributed by atoms with Crippen LogP contribution in [0.2, 0.25) is 0 Å². The van der Waals surface area contributed by atoms with Gasteiger partial charge in [0.1, 0.15) is 5.69 Å². The minimum Gasteiger partial charge on any atom is -0.357 e. The van der Waals surface area contributed by atoms with Gasteiger partial charge in [0.25, 0.3) is 5.91 Å². The number of nitrogens with one attached hydrogen (secondary N) is 2. The highest BCUT2D eigenvalue weighted by Crippen LogP contribution is 2.29. The second-order valence-corrected chi connectivity index (χ2v) is 4.67. The zero-order valence-corrected chi connectivity index (χ0v) is 9.92. The van der Waals surface area contributed by atoms with Crippen LogP contribution in [0.3, 0.4) is 0 Å². The highest BCUT2D eigenvalue weighted by atomic mass is 16.2. The summed E-state index contributed by atoms with van der Waals surface area (Å²) in [5.41, 5.74) is 0.640. The Morgan fingerprint density at radius 2 is 2.50 bits per heavy atom. The van der Waals surface area contributed by atoms with Gasteiger partial charge in [0.15, 0.2) is 0 Å². The fourth-order valence-electron chi connectivity index (χ4n) is 2.54. The molecule has 0 saturated carbocycles. The van der Waals surface area contributed by atoms with E-state index in [0.29, 0.717) is 5.69 Å². The third kappa shape index (κ3) is 1.85. The zero-order valence-electron chi connectivity index (χ0n) is 9.92. The summed E-state index contributed by atoms with van der Waals surface area (Å²) in [4.78, 5) is 17.2. The fourth-order valence-corrected chi connectivity index (χ4v) is 2.54. The number of rotatable bonds is 3. The molecule has 0 aliphatic carbocycles. The maximum absolute atomic E-state index is 12.3. The Kier molecular flexibility index (Phi) is 3.01. The summed E-state index contributed by atoms with van der Waals surface area (Å²) in [5.74, 6) is 0.111. The molecule has 1 amide bonds. The molecule has 0 bridgehead atoms. The van der Waals surface area contributed by atoms with Gasteiger partial charge in [-0.15, -0.1) is 0 Å². The number of aromatic amines is 1. The van der Waals surface area contributed by atoms with Crippen LogP contribution in [0.4, 0.5) is 0 Å². The van der Waals surface area contributed by atoms with E-state index >= 15 is 0 Å². The van der Waals surface area contributed by atoms with Gasteiger partial charge in [-0.2, -0.15) is 0 Å².